The average Bonchev–Trinajstić information content (AvgIpc) is 2.45. The van der Waals surface area contributed by atoms with Crippen molar-refractivity contribution in [1.29, 1.82) is 0 Å². The first kappa shape index (κ1) is 14.4. The molecular formula is C15H19NO4. The quantitative estimate of drug-likeness (QED) is 0.830. The molecule has 0 aromatic heterocycles. The van der Waals surface area contributed by atoms with Crippen LogP contribution in [0.3, 0.4) is 0 Å². The summed E-state index contributed by atoms with van der Waals surface area (Å²) in [6.45, 7) is 2.34. The van der Waals surface area contributed by atoms with Crippen LogP contribution in [0.5, 0.6) is 11.5 Å². The maximum absolute atomic E-state index is 10.5. The summed E-state index contributed by atoms with van der Waals surface area (Å²) in [6.07, 6.45) is 3.79. The molecule has 5 nitrogen and oxygen atoms in total. The average molecular weight is 277 g/mol. The van der Waals surface area contributed by atoms with Gasteiger partial charge in [-0.05, 0) is 29.7 Å². The number of benzene rings is 1. The Balaban J connectivity index is 2.11. The number of carboxylic acid groups (broad SMARTS) is 1. The lowest BCUT2D eigenvalue weighted by Gasteiger charge is -2.28. The van der Waals surface area contributed by atoms with E-state index >= 15 is 0 Å². The second kappa shape index (κ2) is 6.43. The molecule has 5 heteroatoms. The van der Waals surface area contributed by atoms with Crippen LogP contribution in [-0.2, 0) is 17.8 Å². The largest absolute Gasteiger partial charge is 0.493 e. The predicted molar refractivity (Wildman–Crippen MR) is 75.3 cm³/mol. The number of ether oxygens (including phenoxy) is 2. The van der Waals surface area contributed by atoms with Gasteiger partial charge in [0, 0.05) is 25.7 Å². The molecule has 0 saturated carbocycles. The molecular weight excluding hydrogens is 258 g/mol. The van der Waals surface area contributed by atoms with Crippen molar-refractivity contribution in [2.75, 3.05) is 27.3 Å². The first-order valence-corrected chi connectivity index (χ1v) is 6.49. The Labute approximate surface area is 118 Å². The van der Waals surface area contributed by atoms with Gasteiger partial charge in [0.1, 0.15) is 0 Å². The standard InChI is InChI=1S/C15H19NO4/c1-19-13-8-11-5-7-16(6-3-4-15(17)18)10-12(11)9-14(13)20-2/h3-4,8-9H,5-7,10H2,1-2H3,(H,17,18). The monoisotopic (exact) mass is 277 g/mol. The minimum atomic E-state index is -0.909. The van der Waals surface area contributed by atoms with Crippen LogP contribution in [0.15, 0.2) is 24.3 Å². The number of carbonyl (C=O) groups is 1. The number of hydrogen-bond donors (Lipinski definition) is 1. The van der Waals surface area contributed by atoms with Crippen LogP contribution in [0, 0.1) is 0 Å². The van der Waals surface area contributed by atoms with Crippen LogP contribution in [0.4, 0.5) is 0 Å². The lowest BCUT2D eigenvalue weighted by atomic mass is 9.99. The van der Waals surface area contributed by atoms with Gasteiger partial charge in [-0.15, -0.1) is 0 Å². The molecule has 0 bridgehead atoms. The van der Waals surface area contributed by atoms with Crippen molar-refractivity contribution in [3.8, 4) is 11.5 Å². The highest BCUT2D eigenvalue weighted by molar-refractivity contribution is 5.79. The van der Waals surface area contributed by atoms with Crippen molar-refractivity contribution in [3.63, 3.8) is 0 Å². The lowest BCUT2D eigenvalue weighted by Crippen LogP contribution is -2.30. The Morgan fingerprint density at radius 3 is 2.55 bits per heavy atom. The molecule has 1 aromatic rings. The lowest BCUT2D eigenvalue weighted by molar-refractivity contribution is -0.131. The molecule has 2 rings (SSSR count). The summed E-state index contributed by atoms with van der Waals surface area (Å²) in [4.78, 5) is 12.7. The second-order valence-electron chi connectivity index (χ2n) is 4.70. The van der Waals surface area contributed by atoms with Crippen molar-refractivity contribution >= 4 is 5.97 Å². The van der Waals surface area contributed by atoms with E-state index in [9.17, 15) is 4.79 Å². The molecule has 0 atom stereocenters. The summed E-state index contributed by atoms with van der Waals surface area (Å²) in [7, 11) is 3.26. The van der Waals surface area contributed by atoms with Crippen LogP contribution < -0.4 is 9.47 Å². The summed E-state index contributed by atoms with van der Waals surface area (Å²) in [6, 6.07) is 4.03. The maximum atomic E-state index is 10.5. The van der Waals surface area contributed by atoms with Crippen LogP contribution in [0.2, 0.25) is 0 Å². The van der Waals surface area contributed by atoms with Crippen LogP contribution >= 0.6 is 0 Å². The van der Waals surface area contributed by atoms with Gasteiger partial charge in [0.2, 0.25) is 0 Å². The SMILES string of the molecule is COc1cc2c(cc1OC)CN(CC=CC(=O)O)CC2. The number of aliphatic carboxylic acids is 1. The van der Waals surface area contributed by atoms with Crippen molar-refractivity contribution in [3.05, 3.63) is 35.4 Å². The van der Waals surface area contributed by atoms with Gasteiger partial charge in [-0.1, -0.05) is 6.08 Å². The number of fused-ring (bicyclic) bond motifs is 1. The van der Waals surface area contributed by atoms with Crippen LogP contribution in [-0.4, -0.2) is 43.3 Å². The Bertz CT molecular complexity index is 525. The van der Waals surface area contributed by atoms with E-state index in [1.54, 1.807) is 20.3 Å². The second-order valence-corrected chi connectivity index (χ2v) is 4.70. The predicted octanol–water partition coefficient (Wildman–Crippen LogP) is 1.70. The summed E-state index contributed by atoms with van der Waals surface area (Å²) < 4.78 is 10.6. The highest BCUT2D eigenvalue weighted by atomic mass is 16.5. The number of methoxy groups -OCH3 is 2. The fourth-order valence-corrected chi connectivity index (χ4v) is 2.40. The Morgan fingerprint density at radius 1 is 1.30 bits per heavy atom. The molecule has 108 valence electrons. The maximum Gasteiger partial charge on any atom is 0.328 e. The number of nitrogens with zero attached hydrogens (tertiary/aromatic N) is 1. The molecule has 1 aliphatic rings. The van der Waals surface area contributed by atoms with Gasteiger partial charge in [0.15, 0.2) is 11.5 Å². The minimum absolute atomic E-state index is 0.639. The molecule has 20 heavy (non-hydrogen) atoms. The zero-order valence-electron chi connectivity index (χ0n) is 11.8. The third-order valence-electron chi connectivity index (χ3n) is 3.42. The summed E-state index contributed by atoms with van der Waals surface area (Å²) in [5.41, 5.74) is 2.47. The van der Waals surface area contributed by atoms with E-state index in [4.69, 9.17) is 14.6 Å². The topological polar surface area (TPSA) is 59.0 Å². The molecule has 0 spiro atoms. The van der Waals surface area contributed by atoms with Gasteiger partial charge in [0.05, 0.1) is 14.2 Å². The van der Waals surface area contributed by atoms with E-state index in [1.807, 2.05) is 12.1 Å². The van der Waals surface area contributed by atoms with Gasteiger partial charge >= 0.3 is 5.97 Å². The first-order valence-electron chi connectivity index (χ1n) is 6.49. The normalized spacial score (nSPS) is 15.1. The van der Waals surface area contributed by atoms with Gasteiger partial charge in [-0.25, -0.2) is 4.79 Å². The first-order chi connectivity index (χ1) is 9.63. The summed E-state index contributed by atoms with van der Waals surface area (Å²) in [5, 5.41) is 8.59. The van der Waals surface area contributed by atoms with Crippen LogP contribution in [0.1, 0.15) is 11.1 Å². The number of rotatable bonds is 5. The van der Waals surface area contributed by atoms with E-state index in [2.05, 4.69) is 4.90 Å². The molecule has 0 amide bonds. The zero-order chi connectivity index (χ0) is 14.5. The van der Waals surface area contributed by atoms with Crippen molar-refractivity contribution in [2.24, 2.45) is 0 Å². The Kier molecular flexibility index (Phi) is 4.63. The number of carboxylic acids is 1. The van der Waals surface area contributed by atoms with Crippen molar-refractivity contribution in [2.45, 2.75) is 13.0 Å². The Hall–Kier alpha value is -2.01. The third-order valence-corrected chi connectivity index (χ3v) is 3.42. The molecule has 0 aliphatic carbocycles. The molecule has 0 fully saturated rings. The van der Waals surface area contributed by atoms with E-state index < -0.39 is 5.97 Å². The highest BCUT2D eigenvalue weighted by Crippen LogP contribution is 2.33. The van der Waals surface area contributed by atoms with Crippen molar-refractivity contribution in [1.82, 2.24) is 4.90 Å². The number of hydrogen-bond acceptors (Lipinski definition) is 4. The van der Waals surface area contributed by atoms with E-state index in [1.165, 1.54) is 17.2 Å². The van der Waals surface area contributed by atoms with Gasteiger partial charge in [-0.3, -0.25) is 4.90 Å². The molecule has 1 aromatic carbocycles. The van der Waals surface area contributed by atoms with E-state index in [-0.39, 0.29) is 0 Å². The van der Waals surface area contributed by atoms with Gasteiger partial charge in [-0.2, -0.15) is 0 Å². The summed E-state index contributed by atoms with van der Waals surface area (Å²) in [5.74, 6) is 0.577. The third kappa shape index (κ3) is 3.30. The highest BCUT2D eigenvalue weighted by Gasteiger charge is 2.18. The molecule has 0 unspecified atom stereocenters. The van der Waals surface area contributed by atoms with E-state index in [0.717, 1.165) is 31.0 Å². The molecule has 1 aliphatic heterocycles. The summed E-state index contributed by atoms with van der Waals surface area (Å²) >= 11 is 0. The van der Waals surface area contributed by atoms with E-state index in [0.29, 0.717) is 6.54 Å². The molecule has 1 heterocycles. The molecule has 0 saturated heterocycles. The van der Waals surface area contributed by atoms with Gasteiger partial charge in [0.25, 0.3) is 0 Å². The zero-order valence-corrected chi connectivity index (χ0v) is 11.8. The molecule has 0 radical (unpaired) electrons. The van der Waals surface area contributed by atoms with Crippen molar-refractivity contribution < 1.29 is 19.4 Å². The van der Waals surface area contributed by atoms with Gasteiger partial charge < -0.3 is 14.6 Å². The fraction of sp³-hybridized carbons (Fsp3) is 0.400. The minimum Gasteiger partial charge on any atom is -0.493 e. The Morgan fingerprint density at radius 2 is 1.95 bits per heavy atom. The fourth-order valence-electron chi connectivity index (χ4n) is 2.40. The van der Waals surface area contributed by atoms with Crippen LogP contribution in [0.25, 0.3) is 0 Å². The molecule has 1 N–H and O–H groups in total. The smallest absolute Gasteiger partial charge is 0.328 e.